The molecule has 111 heavy (non-hydrogen) atoms. The number of aliphatic hydroxyl groups is 3. The first-order valence-corrected chi connectivity index (χ1v) is 44.0. The molecule has 1 rings (SSSR count). The van der Waals surface area contributed by atoms with Crippen LogP contribution >= 0.6 is 0 Å². The first-order chi connectivity index (χ1) is 52.0. The van der Waals surface area contributed by atoms with Crippen LogP contribution in [0.25, 0.3) is 0 Å². The zero-order chi connectivity index (χ0) is 87.2. The van der Waals surface area contributed by atoms with Gasteiger partial charge in [0.2, 0.25) is 29.5 Å². The molecule has 0 aliphatic carbocycles. The number of unbranched alkanes of at least 4 members (excludes halogenated alkanes) is 3. The Bertz CT molecular complexity index is 2330. The lowest BCUT2D eigenvalue weighted by Gasteiger charge is -2.27. The highest BCUT2D eigenvalue weighted by Gasteiger charge is 2.28. The van der Waals surface area contributed by atoms with Gasteiger partial charge in [0.05, 0.1) is 37.7 Å². The third-order valence-corrected chi connectivity index (χ3v) is 20.1. The van der Waals surface area contributed by atoms with Gasteiger partial charge in [0.15, 0.2) is 0 Å². The number of hydrogen-bond donors (Lipinski definition) is 9. The zero-order valence-corrected chi connectivity index (χ0v) is 77.3. The molecule has 0 saturated heterocycles. The average Bonchev–Trinajstić information content (AvgIpc) is 0.908. The summed E-state index contributed by atoms with van der Waals surface area (Å²) in [4.78, 5) is 95.9. The molecule has 0 saturated carbocycles. The van der Waals surface area contributed by atoms with Gasteiger partial charge in [-0.2, -0.15) is 0 Å². The van der Waals surface area contributed by atoms with Crippen LogP contribution in [-0.4, -0.2) is 125 Å². The molecule has 9 atom stereocenters. The minimum Gasteiger partial charge on any atom is -0.395 e. The van der Waals surface area contributed by atoms with E-state index < -0.39 is 5.60 Å². The van der Waals surface area contributed by atoms with E-state index in [1.165, 1.54) is 19.3 Å². The van der Waals surface area contributed by atoms with E-state index in [0.717, 1.165) is 133 Å². The number of pyridine rings is 1. The number of nitrogens with zero attached hydrogens (tertiary/aromatic N) is 1. The summed E-state index contributed by atoms with van der Waals surface area (Å²) < 4.78 is 12.9. The molecule has 19 heteroatoms. The number of halogens is 1. The summed E-state index contributed by atoms with van der Waals surface area (Å²) in [6, 6.07) is 5.73. The molecule has 0 aliphatic rings. The molecule has 10 N–H and O–H groups in total. The number of nitrogens with two attached hydrogens (primary N) is 1. The Morgan fingerprint density at radius 2 is 0.793 bits per heavy atom. The molecule has 0 bridgehead atoms. The van der Waals surface area contributed by atoms with E-state index in [2.05, 4.69) is 198 Å². The molecule has 658 valence electrons. The number of hydrogen-bond acceptors (Lipinski definition) is 13. The van der Waals surface area contributed by atoms with E-state index in [9.17, 15) is 47.9 Å². The van der Waals surface area contributed by atoms with Crippen molar-refractivity contribution in [2.24, 2.45) is 106 Å². The largest absolute Gasteiger partial charge is 0.395 e. The van der Waals surface area contributed by atoms with E-state index in [-0.39, 0.29) is 90.7 Å². The van der Waals surface area contributed by atoms with Crippen molar-refractivity contribution in [1.29, 1.82) is 0 Å². The first kappa shape index (κ1) is 120. The van der Waals surface area contributed by atoms with Gasteiger partial charge < -0.3 is 57.2 Å². The van der Waals surface area contributed by atoms with Gasteiger partial charge >= 0.3 is 0 Å². The number of nitrogens with one attached hydrogen (secondary N) is 5. The van der Waals surface area contributed by atoms with Crippen LogP contribution < -0.4 is 32.3 Å². The van der Waals surface area contributed by atoms with Crippen molar-refractivity contribution in [3.63, 3.8) is 0 Å². The second kappa shape index (κ2) is 77.8. The van der Waals surface area contributed by atoms with Gasteiger partial charge in [0.25, 0.3) is 0 Å². The maximum Gasteiger partial charge on any atom is 0.223 e. The summed E-state index contributed by atoms with van der Waals surface area (Å²) in [6.45, 7) is 61.7. The van der Waals surface area contributed by atoms with Crippen LogP contribution in [0.2, 0.25) is 0 Å². The topological polar surface area (TPSA) is 296 Å². The van der Waals surface area contributed by atoms with Gasteiger partial charge in [0, 0.05) is 93.7 Å². The second-order valence-corrected chi connectivity index (χ2v) is 33.9. The molecule has 0 aliphatic heterocycles. The lowest BCUT2D eigenvalue weighted by atomic mass is 9.78. The molecular weight excluding hydrogens is 1400 g/mol. The number of carbonyl (C=O) groups is 8. The predicted octanol–water partition coefficient (Wildman–Crippen LogP) is 19.4. The van der Waals surface area contributed by atoms with E-state index in [4.69, 9.17) is 15.9 Å². The van der Waals surface area contributed by atoms with Crippen molar-refractivity contribution in [2.45, 2.75) is 361 Å². The van der Waals surface area contributed by atoms with E-state index >= 15 is 0 Å². The fourth-order valence-corrected chi connectivity index (χ4v) is 13.0. The van der Waals surface area contributed by atoms with E-state index in [0.29, 0.717) is 117 Å². The lowest BCUT2D eigenvalue weighted by Crippen LogP contribution is -2.42. The Morgan fingerprint density at radius 1 is 0.432 bits per heavy atom. The predicted molar refractivity (Wildman–Crippen MR) is 467 cm³/mol. The van der Waals surface area contributed by atoms with Gasteiger partial charge in [-0.1, -0.05) is 256 Å². The number of aromatic nitrogens is 1. The molecule has 18 nitrogen and oxygen atoms in total. The van der Waals surface area contributed by atoms with Crippen molar-refractivity contribution in [1.82, 2.24) is 31.6 Å². The summed E-state index contributed by atoms with van der Waals surface area (Å²) in [7, 11) is 0. The Morgan fingerprint density at radius 3 is 1.09 bits per heavy atom. The van der Waals surface area contributed by atoms with Crippen LogP contribution in [0, 0.1) is 101 Å². The smallest absolute Gasteiger partial charge is 0.223 e. The minimum absolute atomic E-state index is 0.0165. The summed E-state index contributed by atoms with van der Waals surface area (Å²) in [6.07, 6.45) is 25.1. The molecule has 1 aromatic rings. The summed E-state index contributed by atoms with van der Waals surface area (Å²) in [5.41, 5.74) is 5.38. The molecule has 0 radical (unpaired) electrons. The number of amides is 5. The highest BCUT2D eigenvalue weighted by molar-refractivity contribution is 5.82. The Labute approximate surface area is 682 Å². The van der Waals surface area contributed by atoms with Crippen LogP contribution in [-0.2, 0) is 44.9 Å². The van der Waals surface area contributed by atoms with Crippen LogP contribution in [0.5, 0.6) is 0 Å². The summed E-state index contributed by atoms with van der Waals surface area (Å²) in [5.74, 6) is 6.91. The van der Waals surface area contributed by atoms with Crippen molar-refractivity contribution in [2.75, 3.05) is 52.6 Å². The molecule has 0 aromatic carbocycles. The van der Waals surface area contributed by atoms with Crippen molar-refractivity contribution >= 4 is 46.9 Å². The van der Waals surface area contributed by atoms with Gasteiger partial charge in [-0.3, -0.25) is 38.1 Å². The maximum absolute atomic E-state index is 12.9. The molecule has 1 heterocycles. The highest BCUT2D eigenvalue weighted by atomic mass is 19.1. The molecule has 5 amide bonds. The van der Waals surface area contributed by atoms with Gasteiger partial charge in [-0.25, -0.2) is 0 Å². The third-order valence-electron chi connectivity index (χ3n) is 20.1. The summed E-state index contributed by atoms with van der Waals surface area (Å²) in [5, 5.41) is 40.7. The summed E-state index contributed by atoms with van der Waals surface area (Å²) >= 11 is 0. The molecule has 1 aromatic heterocycles. The molecule has 1 unspecified atom stereocenters. The number of rotatable bonds is 51. The van der Waals surface area contributed by atoms with Crippen molar-refractivity contribution in [3.8, 4) is 0 Å². The average molecular weight is 1580 g/mol. The SMILES string of the molecule is CCCC[C@@H](C(C)C)C(CF)CC(C)=O.CCCC[C@H](C(=O)NCCO)C(C)C.CCCC[C@H](CCC(C)=O)C(C)C.CCC[C@@H](C(=O)CC)C(C)C.CCC[C@@H](C(=O)NCC(C)(C)O)C(C)C.CCC[C@@H](C(=O)NCCN)C(C)C.CCC[C@@H](C(=O)NCCO)C(C)C.CCC[C@@H](C(=O)NCc1ccccn1)C(C)C. The quantitative estimate of drug-likeness (QED) is 0.0294. The number of Topliss-reactive ketones (excluding diaryl/α,β-unsaturated/α-hetero) is 3. The van der Waals surface area contributed by atoms with Gasteiger partial charge in [0.1, 0.15) is 17.3 Å². The van der Waals surface area contributed by atoms with Crippen LogP contribution in [0.15, 0.2) is 24.4 Å². The standard InChI is InChI=1S/C14H22N2O.C13H25FO.C12H25NO2.C12H24O.C11H23NO2.C10H22N2O.C10H21NO2.C10H20O/c1-4-7-13(11(2)3)14(17)16-10-12-8-5-6-9-15-12;1-5-6-7-13(10(2)3)12(9-14)8-11(4)15;1-6-7-10(9(2)3)11(14)13-8-12(4,5)15;1-5-6-7-12(10(2)3)9-8-11(4)13;1-4-5-6-10(9(2)3)11(14)12-7-8-13;1-4-5-9(8(2)3)10(13)12-7-6-11;1-4-5-9(8(2)3)10(13)11-6-7-12;1-5-7-9(8(3)4)10(11)6-2/h5-6,8-9,11,13H,4,7,10H2,1-3H3,(H,16,17);10,12-13H,5-9H2,1-4H3;9-10,15H,6-8H2,1-5H3,(H,13,14);10,12H,5-9H2,1-4H3;9-10,13H,4-8H2,1-3H3,(H,12,14);8-9H,4-7,11H2,1-3H3,(H,12,13);8-9,12H,4-7H2,1-3H3,(H,11,13);8-9H,5-7H2,1-4H3/t13-;12?,13-;10-;12-;10-;3*9-/m10110111/s1. The number of alkyl halides is 1. The fraction of sp³-hybridized carbons (Fsp3) is 0.859. The molecule has 0 fully saturated rings. The van der Waals surface area contributed by atoms with Crippen LogP contribution in [0.1, 0.15) is 354 Å². The lowest BCUT2D eigenvalue weighted by molar-refractivity contribution is -0.128. The second-order valence-electron chi connectivity index (χ2n) is 33.9. The normalized spacial score (nSPS) is 13.5. The van der Waals surface area contributed by atoms with Crippen molar-refractivity contribution < 1.29 is 58.1 Å². The third kappa shape index (κ3) is 70.4. The fourth-order valence-electron chi connectivity index (χ4n) is 13.0. The van der Waals surface area contributed by atoms with E-state index in [1.54, 1.807) is 33.9 Å². The minimum atomic E-state index is -0.830. The van der Waals surface area contributed by atoms with Gasteiger partial charge in [-0.05, 0) is 156 Å². The number of carbonyl (C=O) groups excluding carboxylic acids is 8. The van der Waals surface area contributed by atoms with Crippen molar-refractivity contribution in [3.05, 3.63) is 30.1 Å². The first-order valence-electron chi connectivity index (χ1n) is 44.0. The maximum atomic E-state index is 12.9. The van der Waals surface area contributed by atoms with Crippen LogP contribution in [0.4, 0.5) is 4.39 Å². The van der Waals surface area contributed by atoms with E-state index in [1.807, 2.05) is 25.1 Å². The monoisotopic (exact) mass is 1580 g/mol. The number of aliphatic hydroxyl groups excluding tert-OH is 2. The number of ketones is 3. The Hall–Kier alpha value is -4.72. The molecular formula is C92H182FN7O11. The highest BCUT2D eigenvalue weighted by Crippen LogP contribution is 2.30. The Kier molecular flexibility index (Phi) is 83.8. The van der Waals surface area contributed by atoms with Crippen LogP contribution in [0.3, 0.4) is 0 Å². The molecule has 0 spiro atoms. The van der Waals surface area contributed by atoms with Gasteiger partial charge in [-0.15, -0.1) is 0 Å². The zero-order valence-electron chi connectivity index (χ0n) is 77.3. The Balaban J connectivity index is -0.000000223.